The maximum Gasteiger partial charge on any atom is 0.258 e. The third-order valence-corrected chi connectivity index (χ3v) is 7.55. The molecule has 4 aliphatic rings. The number of hydrogen-bond acceptors (Lipinski definition) is 4. The van der Waals surface area contributed by atoms with Crippen LogP contribution in [0, 0.1) is 5.92 Å². The van der Waals surface area contributed by atoms with Gasteiger partial charge in [-0.15, -0.1) is 0 Å². The van der Waals surface area contributed by atoms with Gasteiger partial charge in [-0.3, -0.25) is 14.4 Å². The number of likely N-dealkylation sites (tertiary alicyclic amines) is 2. The van der Waals surface area contributed by atoms with Crippen molar-refractivity contribution in [1.29, 1.82) is 0 Å². The van der Waals surface area contributed by atoms with Gasteiger partial charge in [-0.2, -0.15) is 0 Å². The second-order valence-electron chi connectivity index (χ2n) is 9.45. The van der Waals surface area contributed by atoms with Crippen molar-refractivity contribution >= 4 is 17.7 Å². The molecule has 31 heavy (non-hydrogen) atoms. The fourth-order valence-corrected chi connectivity index (χ4v) is 5.87. The summed E-state index contributed by atoms with van der Waals surface area (Å²) < 4.78 is 6.19. The molecule has 0 aromatic heterocycles. The monoisotopic (exact) mass is 425 g/mol. The van der Waals surface area contributed by atoms with Gasteiger partial charge in [0.05, 0.1) is 12.1 Å². The van der Waals surface area contributed by atoms with Crippen molar-refractivity contribution in [3.63, 3.8) is 0 Å². The van der Waals surface area contributed by atoms with E-state index >= 15 is 0 Å². The summed E-state index contributed by atoms with van der Waals surface area (Å²) in [5.74, 6) is 1.04. The minimum atomic E-state index is -0.890. The van der Waals surface area contributed by atoms with Crippen molar-refractivity contribution in [2.24, 2.45) is 5.92 Å². The topological polar surface area (TPSA) is 79.0 Å². The summed E-state index contributed by atoms with van der Waals surface area (Å²) in [7, 11) is 0. The molecule has 7 nitrogen and oxygen atoms in total. The Balaban J connectivity index is 1.26. The van der Waals surface area contributed by atoms with Crippen molar-refractivity contribution in [2.45, 2.75) is 69.6 Å². The summed E-state index contributed by atoms with van der Waals surface area (Å²) in [4.78, 5) is 42.4. The highest BCUT2D eigenvalue weighted by atomic mass is 16.5. The van der Waals surface area contributed by atoms with Gasteiger partial charge in [-0.1, -0.05) is 25.0 Å². The molecule has 5 rings (SSSR count). The van der Waals surface area contributed by atoms with Gasteiger partial charge in [0.2, 0.25) is 11.8 Å². The number of amides is 3. The molecule has 3 fully saturated rings. The number of carbonyl (C=O) groups excluding carboxylic acids is 3. The molecular formula is C24H31N3O4. The lowest BCUT2D eigenvalue weighted by atomic mass is 9.78. The van der Waals surface area contributed by atoms with Crippen LogP contribution in [0.4, 0.5) is 0 Å². The van der Waals surface area contributed by atoms with Gasteiger partial charge in [0, 0.05) is 38.4 Å². The molecule has 3 atom stereocenters. The van der Waals surface area contributed by atoms with Crippen LogP contribution in [0.2, 0.25) is 0 Å². The molecule has 166 valence electrons. The first-order valence-corrected chi connectivity index (χ1v) is 11.7. The average molecular weight is 426 g/mol. The first-order chi connectivity index (χ1) is 15.0. The zero-order valence-corrected chi connectivity index (χ0v) is 18.0. The number of rotatable bonds is 2. The quantitative estimate of drug-likeness (QED) is 0.790. The van der Waals surface area contributed by atoms with Crippen LogP contribution in [0.25, 0.3) is 0 Å². The predicted octanol–water partition coefficient (Wildman–Crippen LogP) is 2.70. The summed E-state index contributed by atoms with van der Waals surface area (Å²) >= 11 is 0. The van der Waals surface area contributed by atoms with Gasteiger partial charge < -0.3 is 19.9 Å². The largest absolute Gasteiger partial charge is 0.467 e. The number of fused-ring (bicyclic) bond motifs is 2. The van der Waals surface area contributed by atoms with Crippen LogP contribution in [0.3, 0.4) is 0 Å². The number of nitrogens with zero attached hydrogens (tertiary/aromatic N) is 2. The molecule has 1 aliphatic carbocycles. The normalized spacial score (nSPS) is 30.7. The molecule has 3 heterocycles. The molecule has 3 aliphatic heterocycles. The number of piperidine rings is 1. The van der Waals surface area contributed by atoms with Crippen LogP contribution in [-0.4, -0.2) is 58.9 Å². The lowest BCUT2D eigenvalue weighted by molar-refractivity contribution is -0.144. The summed E-state index contributed by atoms with van der Waals surface area (Å²) in [5, 5.41) is 2.99. The Labute approximate surface area is 183 Å². The van der Waals surface area contributed by atoms with Crippen LogP contribution in [0.1, 0.15) is 68.1 Å². The molecule has 1 aromatic rings. The number of nitrogens with one attached hydrogen (secondary N) is 1. The van der Waals surface area contributed by atoms with Crippen molar-refractivity contribution in [1.82, 2.24) is 15.1 Å². The number of carbonyl (C=O) groups is 3. The number of hydrogen-bond donors (Lipinski definition) is 1. The van der Waals surface area contributed by atoms with Crippen LogP contribution in [-0.2, 0) is 9.59 Å². The molecule has 1 N–H and O–H groups in total. The molecule has 0 radical (unpaired) electrons. The highest BCUT2D eigenvalue weighted by Crippen LogP contribution is 2.36. The third kappa shape index (κ3) is 3.90. The zero-order valence-electron chi connectivity index (χ0n) is 18.0. The third-order valence-electron chi connectivity index (χ3n) is 7.55. The molecule has 0 bridgehead atoms. The van der Waals surface area contributed by atoms with E-state index < -0.39 is 5.72 Å². The number of benzene rings is 1. The van der Waals surface area contributed by atoms with Gasteiger partial charge in [0.1, 0.15) is 5.75 Å². The van der Waals surface area contributed by atoms with E-state index in [1.807, 2.05) is 6.07 Å². The average Bonchev–Trinajstić information content (AvgIpc) is 2.93. The Morgan fingerprint density at radius 3 is 2.77 bits per heavy atom. The van der Waals surface area contributed by atoms with Gasteiger partial charge in [0.25, 0.3) is 5.91 Å². The molecule has 1 spiro atoms. The van der Waals surface area contributed by atoms with Gasteiger partial charge in [-0.25, -0.2) is 0 Å². The molecule has 7 heteroatoms. The summed E-state index contributed by atoms with van der Waals surface area (Å²) in [6, 6.07) is 7.53. The van der Waals surface area contributed by atoms with E-state index in [4.69, 9.17) is 4.74 Å². The number of ether oxygens (including phenoxy) is 1. The molecular weight excluding hydrogens is 394 g/mol. The smallest absolute Gasteiger partial charge is 0.258 e. The van der Waals surface area contributed by atoms with Crippen LogP contribution in [0.5, 0.6) is 5.75 Å². The van der Waals surface area contributed by atoms with Crippen molar-refractivity contribution in [3.8, 4) is 5.75 Å². The van der Waals surface area contributed by atoms with Gasteiger partial charge >= 0.3 is 0 Å². The van der Waals surface area contributed by atoms with E-state index in [1.54, 1.807) is 23.1 Å². The standard InChI is InChI=1S/C24H31N3O4/c28-21-11-12-24(25-23(30)18-8-2-4-10-20(18)31-24)13-15-26(21)16-22(29)27-14-5-7-17-6-1-3-9-19(17)27/h2,4,8,10,17,19H,1,3,5-7,9,11-16H2,(H,25,30). The maximum atomic E-state index is 13.2. The Morgan fingerprint density at radius 2 is 1.87 bits per heavy atom. The van der Waals surface area contributed by atoms with Crippen molar-refractivity contribution in [3.05, 3.63) is 29.8 Å². The minimum absolute atomic E-state index is 0.0425. The second kappa shape index (κ2) is 8.17. The summed E-state index contributed by atoms with van der Waals surface area (Å²) in [6.07, 6.45) is 8.18. The first kappa shape index (κ1) is 20.3. The number of para-hydroxylation sites is 1. The maximum absolute atomic E-state index is 13.2. The highest BCUT2D eigenvalue weighted by Gasteiger charge is 2.43. The molecule has 3 unspecified atom stereocenters. The highest BCUT2D eigenvalue weighted by molar-refractivity contribution is 5.98. The SMILES string of the molecule is O=C1NC2(CCC(=O)N(CC(=O)N3CCCC4CCCCC43)CC2)Oc2ccccc21. The molecule has 2 saturated heterocycles. The van der Waals surface area contributed by atoms with Crippen molar-refractivity contribution < 1.29 is 19.1 Å². The van der Waals surface area contributed by atoms with Crippen LogP contribution in [0.15, 0.2) is 24.3 Å². The fraction of sp³-hybridized carbons (Fsp3) is 0.625. The first-order valence-electron chi connectivity index (χ1n) is 11.7. The predicted molar refractivity (Wildman–Crippen MR) is 114 cm³/mol. The van der Waals surface area contributed by atoms with E-state index in [9.17, 15) is 14.4 Å². The van der Waals surface area contributed by atoms with Gasteiger partial charge in [-0.05, 0) is 43.7 Å². The van der Waals surface area contributed by atoms with Crippen LogP contribution < -0.4 is 10.1 Å². The lowest BCUT2D eigenvalue weighted by Gasteiger charge is -2.44. The lowest BCUT2D eigenvalue weighted by Crippen LogP contribution is -2.56. The van der Waals surface area contributed by atoms with Crippen LogP contribution >= 0.6 is 0 Å². The summed E-state index contributed by atoms with van der Waals surface area (Å²) in [5.41, 5.74) is -0.374. The Hall–Kier alpha value is -2.57. The van der Waals surface area contributed by atoms with E-state index in [-0.39, 0.29) is 30.7 Å². The van der Waals surface area contributed by atoms with E-state index in [2.05, 4.69) is 10.2 Å². The molecule has 1 aromatic carbocycles. The Bertz CT molecular complexity index is 885. The summed E-state index contributed by atoms with van der Waals surface area (Å²) in [6.45, 7) is 1.33. The molecule has 1 saturated carbocycles. The van der Waals surface area contributed by atoms with Gasteiger partial charge in [0.15, 0.2) is 5.72 Å². The van der Waals surface area contributed by atoms with E-state index in [0.29, 0.717) is 42.7 Å². The Kier molecular flexibility index (Phi) is 5.36. The zero-order chi connectivity index (χ0) is 21.4. The Morgan fingerprint density at radius 1 is 1.06 bits per heavy atom. The minimum Gasteiger partial charge on any atom is -0.467 e. The van der Waals surface area contributed by atoms with E-state index in [1.165, 1.54) is 25.7 Å². The van der Waals surface area contributed by atoms with E-state index in [0.717, 1.165) is 19.4 Å². The fourth-order valence-electron chi connectivity index (χ4n) is 5.87. The second-order valence-corrected chi connectivity index (χ2v) is 9.45. The molecule has 3 amide bonds. The van der Waals surface area contributed by atoms with Crippen molar-refractivity contribution in [2.75, 3.05) is 19.6 Å².